The van der Waals surface area contributed by atoms with E-state index in [1.807, 2.05) is 6.92 Å². The van der Waals surface area contributed by atoms with Gasteiger partial charge in [-0.15, -0.1) is 0 Å². The molecule has 1 rings (SSSR count). The minimum atomic E-state index is -0.418. The van der Waals surface area contributed by atoms with Crippen molar-refractivity contribution in [3.8, 4) is 5.75 Å². The third-order valence-corrected chi connectivity index (χ3v) is 2.39. The SMILES string of the molecule is CCN(CCO)C(=O)Nc1cccc(OC(C)=O)c1. The molecule has 0 saturated carbocycles. The first-order chi connectivity index (χ1) is 9.06. The normalized spacial score (nSPS) is 9.84. The van der Waals surface area contributed by atoms with Crippen molar-refractivity contribution in [2.75, 3.05) is 25.0 Å². The van der Waals surface area contributed by atoms with Gasteiger partial charge < -0.3 is 20.1 Å². The lowest BCUT2D eigenvalue weighted by atomic mass is 10.3. The largest absolute Gasteiger partial charge is 0.427 e. The first-order valence-electron chi connectivity index (χ1n) is 6.02. The second-order valence-corrected chi connectivity index (χ2v) is 3.85. The van der Waals surface area contributed by atoms with Crippen LogP contribution in [0.1, 0.15) is 13.8 Å². The molecule has 0 spiro atoms. The van der Waals surface area contributed by atoms with Gasteiger partial charge in [0.2, 0.25) is 0 Å². The maximum atomic E-state index is 11.9. The molecule has 0 aliphatic carbocycles. The molecule has 0 saturated heterocycles. The van der Waals surface area contributed by atoms with Crippen LogP contribution in [-0.2, 0) is 4.79 Å². The number of esters is 1. The van der Waals surface area contributed by atoms with Crippen molar-refractivity contribution in [2.45, 2.75) is 13.8 Å². The molecule has 0 heterocycles. The standard InChI is InChI=1S/C13H18N2O4/c1-3-15(7-8-16)13(18)14-11-5-4-6-12(9-11)19-10(2)17/h4-6,9,16H,3,7-8H2,1-2H3,(H,14,18). The molecule has 104 valence electrons. The van der Waals surface area contributed by atoms with Crippen molar-refractivity contribution in [2.24, 2.45) is 0 Å². The average Bonchev–Trinajstić information content (AvgIpc) is 2.35. The van der Waals surface area contributed by atoms with Crippen LogP contribution in [0.3, 0.4) is 0 Å². The highest BCUT2D eigenvalue weighted by molar-refractivity contribution is 5.89. The van der Waals surface area contributed by atoms with Gasteiger partial charge in [-0.2, -0.15) is 0 Å². The molecule has 0 aromatic heterocycles. The lowest BCUT2D eigenvalue weighted by Crippen LogP contribution is -2.36. The van der Waals surface area contributed by atoms with Crippen LogP contribution in [0, 0.1) is 0 Å². The topological polar surface area (TPSA) is 78.9 Å². The zero-order chi connectivity index (χ0) is 14.3. The summed E-state index contributed by atoms with van der Waals surface area (Å²) in [5.41, 5.74) is 0.528. The fraction of sp³-hybridized carbons (Fsp3) is 0.385. The predicted molar refractivity (Wildman–Crippen MR) is 71.1 cm³/mol. The molecule has 1 aromatic carbocycles. The molecule has 0 fully saturated rings. The van der Waals surface area contributed by atoms with Crippen molar-refractivity contribution < 1.29 is 19.4 Å². The molecule has 19 heavy (non-hydrogen) atoms. The Bertz CT molecular complexity index is 448. The number of carbonyl (C=O) groups is 2. The molecular formula is C13H18N2O4. The lowest BCUT2D eigenvalue weighted by Gasteiger charge is -2.20. The van der Waals surface area contributed by atoms with Crippen LogP contribution in [0.2, 0.25) is 0 Å². The molecule has 0 atom stereocenters. The Morgan fingerprint density at radius 2 is 2.16 bits per heavy atom. The molecule has 6 heteroatoms. The number of hydrogen-bond acceptors (Lipinski definition) is 4. The molecule has 6 nitrogen and oxygen atoms in total. The predicted octanol–water partition coefficient (Wildman–Crippen LogP) is 1.46. The summed E-state index contributed by atoms with van der Waals surface area (Å²) in [7, 11) is 0. The Labute approximate surface area is 112 Å². The molecule has 1 aromatic rings. The number of anilines is 1. The first kappa shape index (κ1) is 15.0. The van der Waals surface area contributed by atoms with E-state index >= 15 is 0 Å². The van der Waals surface area contributed by atoms with E-state index in [2.05, 4.69) is 5.32 Å². The summed E-state index contributed by atoms with van der Waals surface area (Å²) in [6, 6.07) is 6.25. The van der Waals surface area contributed by atoms with Crippen molar-refractivity contribution in [1.29, 1.82) is 0 Å². The number of hydrogen-bond donors (Lipinski definition) is 2. The van der Waals surface area contributed by atoms with Crippen LogP contribution in [0.15, 0.2) is 24.3 Å². The Morgan fingerprint density at radius 1 is 1.42 bits per heavy atom. The Balaban J connectivity index is 2.70. The highest BCUT2D eigenvalue weighted by Crippen LogP contribution is 2.17. The number of benzene rings is 1. The van der Waals surface area contributed by atoms with Crippen LogP contribution in [0.5, 0.6) is 5.75 Å². The van der Waals surface area contributed by atoms with Gasteiger partial charge in [0.1, 0.15) is 5.75 Å². The second-order valence-electron chi connectivity index (χ2n) is 3.85. The van der Waals surface area contributed by atoms with E-state index in [4.69, 9.17) is 9.84 Å². The lowest BCUT2D eigenvalue weighted by molar-refractivity contribution is -0.131. The van der Waals surface area contributed by atoms with Gasteiger partial charge in [-0.05, 0) is 19.1 Å². The first-order valence-corrected chi connectivity index (χ1v) is 6.02. The molecule has 0 aliphatic rings. The fourth-order valence-electron chi connectivity index (χ4n) is 1.53. The van der Waals surface area contributed by atoms with Gasteiger partial charge in [-0.1, -0.05) is 6.07 Å². The Hall–Kier alpha value is -2.08. The van der Waals surface area contributed by atoms with Gasteiger partial charge in [-0.3, -0.25) is 4.79 Å². The Morgan fingerprint density at radius 3 is 2.74 bits per heavy atom. The van der Waals surface area contributed by atoms with Gasteiger partial charge in [0, 0.05) is 31.8 Å². The van der Waals surface area contributed by atoms with Crippen molar-refractivity contribution >= 4 is 17.7 Å². The van der Waals surface area contributed by atoms with Gasteiger partial charge in [0.25, 0.3) is 0 Å². The highest BCUT2D eigenvalue weighted by atomic mass is 16.5. The third-order valence-electron chi connectivity index (χ3n) is 2.39. The number of nitrogens with one attached hydrogen (secondary N) is 1. The molecule has 0 radical (unpaired) electrons. The fourth-order valence-corrected chi connectivity index (χ4v) is 1.53. The monoisotopic (exact) mass is 266 g/mol. The number of aliphatic hydroxyl groups excluding tert-OH is 1. The van der Waals surface area contributed by atoms with Gasteiger partial charge in [-0.25, -0.2) is 4.79 Å². The molecular weight excluding hydrogens is 248 g/mol. The minimum Gasteiger partial charge on any atom is -0.427 e. The van der Waals surface area contributed by atoms with E-state index in [1.54, 1.807) is 24.3 Å². The van der Waals surface area contributed by atoms with E-state index in [1.165, 1.54) is 11.8 Å². The number of likely N-dealkylation sites (N-methyl/N-ethyl adjacent to an activating group) is 1. The van der Waals surface area contributed by atoms with Gasteiger partial charge >= 0.3 is 12.0 Å². The number of carbonyl (C=O) groups excluding carboxylic acids is 2. The number of ether oxygens (including phenoxy) is 1. The van der Waals surface area contributed by atoms with Crippen molar-refractivity contribution in [3.63, 3.8) is 0 Å². The number of nitrogens with zero attached hydrogens (tertiary/aromatic N) is 1. The number of urea groups is 1. The van der Waals surface area contributed by atoms with Crippen LogP contribution in [0.25, 0.3) is 0 Å². The highest BCUT2D eigenvalue weighted by Gasteiger charge is 2.11. The number of amides is 2. The molecule has 0 aliphatic heterocycles. The van der Waals surface area contributed by atoms with Crippen LogP contribution in [-0.4, -0.2) is 41.7 Å². The summed E-state index contributed by atoms with van der Waals surface area (Å²) in [5, 5.41) is 11.5. The van der Waals surface area contributed by atoms with E-state index in [0.717, 1.165) is 0 Å². The van der Waals surface area contributed by atoms with Crippen LogP contribution < -0.4 is 10.1 Å². The summed E-state index contributed by atoms with van der Waals surface area (Å²) in [6.45, 7) is 3.81. The number of rotatable bonds is 5. The van der Waals surface area contributed by atoms with Crippen molar-refractivity contribution in [1.82, 2.24) is 4.90 Å². The summed E-state index contributed by atoms with van der Waals surface area (Å²) < 4.78 is 4.93. The molecule has 2 N–H and O–H groups in total. The van der Waals surface area contributed by atoms with Gasteiger partial charge in [0.15, 0.2) is 0 Å². The number of aliphatic hydroxyl groups is 1. The quantitative estimate of drug-likeness (QED) is 0.624. The van der Waals surface area contributed by atoms with E-state index in [9.17, 15) is 9.59 Å². The van der Waals surface area contributed by atoms with E-state index < -0.39 is 5.97 Å². The third kappa shape index (κ3) is 4.97. The van der Waals surface area contributed by atoms with Crippen LogP contribution >= 0.6 is 0 Å². The van der Waals surface area contributed by atoms with Gasteiger partial charge in [0.05, 0.1) is 6.61 Å². The summed E-state index contributed by atoms with van der Waals surface area (Å²) in [4.78, 5) is 24.2. The average molecular weight is 266 g/mol. The van der Waals surface area contributed by atoms with E-state index in [0.29, 0.717) is 18.0 Å². The van der Waals surface area contributed by atoms with Crippen LogP contribution in [0.4, 0.5) is 10.5 Å². The van der Waals surface area contributed by atoms with Crippen molar-refractivity contribution in [3.05, 3.63) is 24.3 Å². The maximum Gasteiger partial charge on any atom is 0.321 e. The maximum absolute atomic E-state index is 11.9. The minimum absolute atomic E-state index is 0.0885. The smallest absolute Gasteiger partial charge is 0.321 e. The summed E-state index contributed by atoms with van der Waals surface area (Å²) in [5.74, 6) is -0.0468. The van der Waals surface area contributed by atoms with E-state index in [-0.39, 0.29) is 19.2 Å². The second kappa shape index (κ2) is 7.38. The summed E-state index contributed by atoms with van der Waals surface area (Å²) >= 11 is 0. The zero-order valence-corrected chi connectivity index (χ0v) is 11.0. The zero-order valence-electron chi connectivity index (χ0n) is 11.0. The molecule has 2 amide bonds. The molecule has 0 bridgehead atoms. The Kier molecular flexibility index (Phi) is 5.81. The summed E-state index contributed by atoms with van der Waals surface area (Å²) in [6.07, 6.45) is 0. The molecule has 0 unspecified atom stereocenters.